The number of hydrogen-bond donors (Lipinski definition) is 1. The van der Waals surface area contributed by atoms with Gasteiger partial charge >= 0.3 is 6.03 Å². The van der Waals surface area contributed by atoms with Crippen LogP contribution in [0.15, 0.2) is 24.3 Å². The maximum atomic E-state index is 12.5. The lowest BCUT2D eigenvalue weighted by molar-refractivity contribution is -0.154. The first-order chi connectivity index (χ1) is 13.1. The Labute approximate surface area is 162 Å². The van der Waals surface area contributed by atoms with Gasteiger partial charge in [0.1, 0.15) is 0 Å². The molecule has 1 atom stereocenters. The Morgan fingerprint density at radius 3 is 2.70 bits per heavy atom. The third kappa shape index (κ3) is 5.67. The van der Waals surface area contributed by atoms with Gasteiger partial charge in [-0.05, 0) is 31.7 Å². The normalized spacial score (nSPS) is 22.0. The van der Waals surface area contributed by atoms with E-state index in [1.165, 1.54) is 5.56 Å². The molecule has 1 spiro atoms. The molecule has 2 amide bonds. The molecule has 0 aromatic heterocycles. The van der Waals surface area contributed by atoms with Crippen LogP contribution >= 0.6 is 0 Å². The molecule has 150 valence electrons. The van der Waals surface area contributed by atoms with Crippen LogP contribution in [0.4, 0.5) is 4.79 Å². The topological polar surface area (TPSA) is 60.0 Å². The molecule has 2 aliphatic heterocycles. The molecular weight excluding hydrogens is 344 g/mol. The second-order valence-corrected chi connectivity index (χ2v) is 7.64. The third-order valence-corrected chi connectivity index (χ3v) is 5.61. The number of hydrogen-bond acceptors (Lipinski definition) is 4. The molecule has 1 N–H and O–H groups in total. The maximum absolute atomic E-state index is 12.5. The summed E-state index contributed by atoms with van der Waals surface area (Å²) in [4.78, 5) is 14.4. The fourth-order valence-corrected chi connectivity index (χ4v) is 3.88. The predicted molar refractivity (Wildman–Crippen MR) is 104 cm³/mol. The molecular formula is C21H32N2O4. The van der Waals surface area contributed by atoms with Crippen LogP contribution in [-0.4, -0.2) is 62.7 Å². The maximum Gasteiger partial charge on any atom is 0.317 e. The number of methoxy groups -OCH3 is 1. The van der Waals surface area contributed by atoms with Crippen LogP contribution in [0.1, 0.15) is 36.8 Å². The Hall–Kier alpha value is -1.63. The van der Waals surface area contributed by atoms with Gasteiger partial charge in [0, 0.05) is 39.8 Å². The second kappa shape index (κ2) is 9.53. The minimum absolute atomic E-state index is 0.00845. The molecule has 0 aliphatic carbocycles. The fraction of sp³-hybridized carbons (Fsp3) is 0.667. The number of nitrogens with one attached hydrogen (secondary N) is 1. The van der Waals surface area contributed by atoms with E-state index in [-0.39, 0.29) is 17.7 Å². The highest BCUT2D eigenvalue weighted by Crippen LogP contribution is 2.36. The average Bonchev–Trinajstić information content (AvgIpc) is 2.68. The van der Waals surface area contributed by atoms with E-state index in [4.69, 9.17) is 14.2 Å². The molecule has 27 heavy (non-hydrogen) atoms. The van der Waals surface area contributed by atoms with Crippen molar-refractivity contribution in [2.75, 3.05) is 40.0 Å². The number of likely N-dealkylation sites (tertiary alicyclic amines) is 1. The monoisotopic (exact) mass is 376 g/mol. The largest absolute Gasteiger partial charge is 0.382 e. The number of piperidine rings is 1. The lowest BCUT2D eigenvalue weighted by Crippen LogP contribution is -2.53. The zero-order valence-corrected chi connectivity index (χ0v) is 16.5. The van der Waals surface area contributed by atoms with Gasteiger partial charge in [0.2, 0.25) is 0 Å². The van der Waals surface area contributed by atoms with Gasteiger partial charge in [0.25, 0.3) is 0 Å². The number of rotatable bonds is 6. The first-order valence-corrected chi connectivity index (χ1v) is 9.93. The number of ether oxygens (including phenoxy) is 3. The molecule has 2 aliphatic rings. The van der Waals surface area contributed by atoms with Gasteiger partial charge in [0.05, 0.1) is 24.9 Å². The number of carbonyl (C=O) groups is 1. The molecule has 1 unspecified atom stereocenters. The zero-order valence-electron chi connectivity index (χ0n) is 16.5. The van der Waals surface area contributed by atoms with Crippen LogP contribution < -0.4 is 5.32 Å². The summed E-state index contributed by atoms with van der Waals surface area (Å²) in [5, 5.41) is 3.03. The molecule has 6 nitrogen and oxygen atoms in total. The first-order valence-electron chi connectivity index (χ1n) is 9.93. The average molecular weight is 376 g/mol. The van der Waals surface area contributed by atoms with Crippen LogP contribution in [0.5, 0.6) is 0 Å². The summed E-state index contributed by atoms with van der Waals surface area (Å²) in [6.45, 7) is 6.06. The van der Waals surface area contributed by atoms with Crippen LogP contribution in [-0.2, 0) is 20.8 Å². The summed E-state index contributed by atoms with van der Waals surface area (Å²) in [7, 11) is 1.69. The summed E-state index contributed by atoms with van der Waals surface area (Å²) in [6.07, 6.45) is 3.82. The SMILES string of the molecule is COCCOC1CCOC2(CCN(C(=O)NCc3ccc(C)cc3)CC2)C1. The molecule has 3 rings (SSSR count). The molecule has 2 saturated heterocycles. The van der Waals surface area contributed by atoms with Gasteiger partial charge in [-0.3, -0.25) is 0 Å². The van der Waals surface area contributed by atoms with Crippen molar-refractivity contribution in [3.8, 4) is 0 Å². The van der Waals surface area contributed by atoms with Crippen LogP contribution in [0.3, 0.4) is 0 Å². The number of benzene rings is 1. The number of aryl methyl sites for hydroxylation is 1. The Kier molecular flexibility index (Phi) is 7.10. The summed E-state index contributed by atoms with van der Waals surface area (Å²) < 4.78 is 17.1. The Morgan fingerprint density at radius 1 is 1.26 bits per heavy atom. The molecule has 1 aromatic rings. The van der Waals surface area contributed by atoms with E-state index in [1.807, 2.05) is 4.90 Å². The van der Waals surface area contributed by atoms with E-state index in [1.54, 1.807) is 7.11 Å². The van der Waals surface area contributed by atoms with Crippen molar-refractivity contribution in [1.82, 2.24) is 10.2 Å². The highest BCUT2D eigenvalue weighted by Gasteiger charge is 2.41. The second-order valence-electron chi connectivity index (χ2n) is 7.64. The number of urea groups is 1. The third-order valence-electron chi connectivity index (χ3n) is 5.61. The van der Waals surface area contributed by atoms with Gasteiger partial charge < -0.3 is 24.4 Å². The van der Waals surface area contributed by atoms with E-state index in [0.717, 1.165) is 50.9 Å². The summed E-state index contributed by atoms with van der Waals surface area (Å²) in [6, 6.07) is 8.25. The van der Waals surface area contributed by atoms with Crippen molar-refractivity contribution >= 4 is 6.03 Å². The minimum Gasteiger partial charge on any atom is -0.382 e. The van der Waals surface area contributed by atoms with E-state index < -0.39 is 0 Å². The summed E-state index contributed by atoms with van der Waals surface area (Å²) in [5.74, 6) is 0. The quantitative estimate of drug-likeness (QED) is 0.776. The van der Waals surface area contributed by atoms with Crippen molar-refractivity contribution < 1.29 is 19.0 Å². The van der Waals surface area contributed by atoms with Crippen molar-refractivity contribution in [2.45, 2.75) is 50.9 Å². The highest BCUT2D eigenvalue weighted by atomic mass is 16.5. The van der Waals surface area contributed by atoms with Crippen LogP contribution in [0, 0.1) is 6.92 Å². The molecule has 0 saturated carbocycles. The summed E-state index contributed by atoms with van der Waals surface area (Å²) >= 11 is 0. The van der Waals surface area contributed by atoms with E-state index in [0.29, 0.717) is 19.8 Å². The lowest BCUT2D eigenvalue weighted by Gasteiger charge is -2.46. The Bertz CT molecular complexity index is 597. The van der Waals surface area contributed by atoms with Crippen LogP contribution in [0.2, 0.25) is 0 Å². The van der Waals surface area contributed by atoms with Crippen molar-refractivity contribution in [2.24, 2.45) is 0 Å². The van der Waals surface area contributed by atoms with Crippen molar-refractivity contribution in [3.05, 3.63) is 35.4 Å². The van der Waals surface area contributed by atoms with Gasteiger partial charge in [-0.1, -0.05) is 29.8 Å². The molecule has 0 bridgehead atoms. The van der Waals surface area contributed by atoms with Crippen molar-refractivity contribution in [1.29, 1.82) is 0 Å². The standard InChI is InChI=1S/C21H32N2O4/c1-17-3-5-18(6-4-17)16-22-20(24)23-10-8-21(9-11-23)15-19(7-12-27-21)26-14-13-25-2/h3-6,19H,7-16H2,1-2H3,(H,22,24). The van der Waals surface area contributed by atoms with Crippen molar-refractivity contribution in [3.63, 3.8) is 0 Å². The van der Waals surface area contributed by atoms with E-state index in [9.17, 15) is 4.79 Å². The van der Waals surface area contributed by atoms with Crippen LogP contribution in [0.25, 0.3) is 0 Å². The minimum atomic E-state index is -0.135. The molecule has 2 fully saturated rings. The lowest BCUT2D eigenvalue weighted by atomic mass is 9.83. The molecule has 1 aromatic carbocycles. The van der Waals surface area contributed by atoms with Gasteiger partial charge in [0.15, 0.2) is 0 Å². The zero-order chi connectivity index (χ0) is 19.1. The number of amides is 2. The smallest absolute Gasteiger partial charge is 0.317 e. The summed E-state index contributed by atoms with van der Waals surface area (Å²) in [5.41, 5.74) is 2.21. The van der Waals surface area contributed by atoms with E-state index >= 15 is 0 Å². The predicted octanol–water partition coefficient (Wildman–Crippen LogP) is 2.88. The Morgan fingerprint density at radius 2 is 2.00 bits per heavy atom. The van der Waals surface area contributed by atoms with Gasteiger partial charge in [-0.2, -0.15) is 0 Å². The molecule has 0 radical (unpaired) electrons. The molecule has 6 heteroatoms. The number of carbonyl (C=O) groups excluding carboxylic acids is 1. The number of nitrogens with zero attached hydrogens (tertiary/aromatic N) is 1. The van der Waals surface area contributed by atoms with E-state index in [2.05, 4.69) is 36.5 Å². The van der Waals surface area contributed by atoms with Gasteiger partial charge in [-0.25, -0.2) is 4.79 Å². The fourth-order valence-electron chi connectivity index (χ4n) is 3.88. The first kappa shape index (κ1) is 20.1. The highest BCUT2D eigenvalue weighted by molar-refractivity contribution is 5.74. The molecule has 2 heterocycles. The van der Waals surface area contributed by atoms with Gasteiger partial charge in [-0.15, -0.1) is 0 Å². The Balaban J connectivity index is 1.43.